The van der Waals surface area contributed by atoms with E-state index in [1.54, 1.807) is 12.5 Å². The van der Waals surface area contributed by atoms with Crippen LogP contribution in [0.1, 0.15) is 31.4 Å². The highest BCUT2D eigenvalue weighted by molar-refractivity contribution is 7.80. The fourth-order valence-electron chi connectivity index (χ4n) is 3.14. The van der Waals surface area contributed by atoms with Gasteiger partial charge >= 0.3 is 0 Å². The number of thiocarbonyl (C=S) groups is 1. The molecular formula is C13H17N3OS. The Hall–Kier alpha value is -1.36. The van der Waals surface area contributed by atoms with Crippen molar-refractivity contribution in [1.29, 1.82) is 0 Å². The van der Waals surface area contributed by atoms with Crippen molar-refractivity contribution in [3.8, 4) is 0 Å². The zero-order valence-electron chi connectivity index (χ0n) is 10.1. The molecule has 0 unspecified atom stereocenters. The average molecular weight is 263 g/mol. The van der Waals surface area contributed by atoms with Gasteiger partial charge in [0.25, 0.3) is 0 Å². The summed E-state index contributed by atoms with van der Waals surface area (Å²) in [6, 6.07) is 4.22. The minimum Gasteiger partial charge on any atom is -0.463 e. The molecule has 0 spiro atoms. The summed E-state index contributed by atoms with van der Waals surface area (Å²) in [6.45, 7) is 0. The third-order valence-electron chi connectivity index (χ3n) is 3.96. The predicted molar refractivity (Wildman–Crippen MR) is 74.4 cm³/mol. The lowest BCUT2D eigenvalue weighted by molar-refractivity contribution is 0.389. The number of hydrogen-bond acceptors (Lipinski definition) is 3. The third kappa shape index (κ3) is 2.56. The maximum atomic E-state index is 5.23. The van der Waals surface area contributed by atoms with Crippen molar-refractivity contribution in [2.75, 3.05) is 0 Å². The van der Waals surface area contributed by atoms with E-state index in [1.165, 1.54) is 25.7 Å². The Bertz CT molecular complexity index is 443. The van der Waals surface area contributed by atoms with E-state index in [2.05, 4.69) is 15.8 Å². The zero-order chi connectivity index (χ0) is 12.4. The number of nitrogens with one attached hydrogen (secondary N) is 2. The van der Waals surface area contributed by atoms with Crippen molar-refractivity contribution in [2.45, 2.75) is 31.7 Å². The molecule has 0 aromatic carbocycles. The molecular weight excluding hydrogens is 246 g/mol. The number of nitrogens with zero attached hydrogens (tertiary/aromatic N) is 1. The average Bonchev–Trinajstić information content (AvgIpc) is 3.04. The maximum absolute atomic E-state index is 5.23. The molecule has 0 amide bonds. The molecule has 2 aliphatic rings. The van der Waals surface area contributed by atoms with Crippen LogP contribution >= 0.6 is 12.2 Å². The number of rotatable bonds is 3. The summed E-state index contributed by atoms with van der Waals surface area (Å²) in [4.78, 5) is 0. The van der Waals surface area contributed by atoms with Gasteiger partial charge in [0, 0.05) is 6.04 Å². The Morgan fingerprint density at radius 2 is 2.39 bits per heavy atom. The fourth-order valence-corrected chi connectivity index (χ4v) is 3.35. The van der Waals surface area contributed by atoms with E-state index in [0.717, 1.165) is 11.8 Å². The number of furan rings is 1. The molecule has 0 saturated heterocycles. The molecule has 3 rings (SSSR count). The van der Waals surface area contributed by atoms with Gasteiger partial charge in [-0.15, -0.1) is 0 Å². The van der Waals surface area contributed by atoms with Crippen LogP contribution in [-0.2, 0) is 0 Å². The van der Waals surface area contributed by atoms with Crippen molar-refractivity contribution in [3.05, 3.63) is 24.2 Å². The zero-order valence-corrected chi connectivity index (χ0v) is 11.0. The molecule has 1 aromatic heterocycles. The normalized spacial score (nSPS) is 29.9. The maximum Gasteiger partial charge on any atom is 0.187 e. The van der Waals surface area contributed by atoms with Crippen LogP contribution in [0.3, 0.4) is 0 Å². The minimum absolute atomic E-state index is 0.544. The van der Waals surface area contributed by atoms with Crippen molar-refractivity contribution >= 4 is 23.5 Å². The second-order valence-electron chi connectivity index (χ2n) is 5.14. The summed E-state index contributed by atoms with van der Waals surface area (Å²) in [7, 11) is 0. The largest absolute Gasteiger partial charge is 0.463 e. The van der Waals surface area contributed by atoms with Gasteiger partial charge in [-0.1, -0.05) is 6.42 Å². The Morgan fingerprint density at radius 1 is 1.44 bits per heavy atom. The standard InChI is InChI=1S/C13H17N3OS/c18-13(16-14-8-11-2-1-5-17-11)15-12-7-9-3-4-10(12)6-9/h1-2,5,8-10,12H,3-4,6-7H2,(H2,15,16,18)/b14-8-/t9-,10-,12+/m0/s1. The van der Waals surface area contributed by atoms with Gasteiger partial charge in [-0.25, -0.2) is 0 Å². The SMILES string of the molecule is S=C(N/N=C\c1ccco1)N[C@@H]1C[C@H]2CC[C@H]1C2. The van der Waals surface area contributed by atoms with Crippen LogP contribution in [0.15, 0.2) is 27.9 Å². The Labute approximate surface area is 112 Å². The molecule has 2 fully saturated rings. The van der Waals surface area contributed by atoms with E-state index < -0.39 is 0 Å². The summed E-state index contributed by atoms with van der Waals surface area (Å²) in [5.41, 5.74) is 2.84. The lowest BCUT2D eigenvalue weighted by atomic mass is 9.96. The Balaban J connectivity index is 1.45. The first kappa shape index (κ1) is 11.7. The van der Waals surface area contributed by atoms with Crippen molar-refractivity contribution in [3.63, 3.8) is 0 Å². The molecule has 96 valence electrons. The summed E-state index contributed by atoms with van der Waals surface area (Å²) in [5.74, 6) is 2.44. The highest BCUT2D eigenvalue weighted by Gasteiger charge is 2.39. The van der Waals surface area contributed by atoms with Gasteiger partial charge < -0.3 is 9.73 Å². The number of fused-ring (bicyclic) bond motifs is 2. The number of hydrogen-bond donors (Lipinski definition) is 2. The third-order valence-corrected chi connectivity index (χ3v) is 4.16. The van der Waals surface area contributed by atoms with Crippen LogP contribution in [0.25, 0.3) is 0 Å². The second kappa shape index (κ2) is 5.10. The van der Waals surface area contributed by atoms with Gasteiger partial charge in [0.1, 0.15) is 5.76 Å². The van der Waals surface area contributed by atoms with E-state index in [9.17, 15) is 0 Å². The highest BCUT2D eigenvalue weighted by atomic mass is 32.1. The van der Waals surface area contributed by atoms with Gasteiger partial charge in [0.15, 0.2) is 5.11 Å². The predicted octanol–water partition coefficient (Wildman–Crippen LogP) is 2.27. The second-order valence-corrected chi connectivity index (χ2v) is 5.55. The van der Waals surface area contributed by atoms with Crippen LogP contribution in [0.4, 0.5) is 0 Å². The minimum atomic E-state index is 0.544. The van der Waals surface area contributed by atoms with E-state index in [0.29, 0.717) is 16.9 Å². The molecule has 2 saturated carbocycles. The first-order valence-corrected chi connectivity index (χ1v) is 6.85. The fraction of sp³-hybridized carbons (Fsp3) is 0.538. The van der Waals surface area contributed by atoms with Crippen molar-refractivity contribution in [1.82, 2.24) is 10.7 Å². The van der Waals surface area contributed by atoms with E-state index in [4.69, 9.17) is 16.6 Å². The molecule has 18 heavy (non-hydrogen) atoms. The molecule has 3 atom stereocenters. The van der Waals surface area contributed by atoms with E-state index >= 15 is 0 Å². The van der Waals surface area contributed by atoms with Crippen LogP contribution in [0, 0.1) is 11.8 Å². The first-order chi connectivity index (χ1) is 8.81. The summed E-state index contributed by atoms with van der Waals surface area (Å²) in [6.07, 6.45) is 8.62. The van der Waals surface area contributed by atoms with Gasteiger partial charge in [-0.3, -0.25) is 5.43 Å². The van der Waals surface area contributed by atoms with Gasteiger partial charge in [0.05, 0.1) is 12.5 Å². The summed E-state index contributed by atoms with van der Waals surface area (Å²) in [5, 5.41) is 8.02. The summed E-state index contributed by atoms with van der Waals surface area (Å²) < 4.78 is 5.14. The molecule has 2 aliphatic carbocycles. The molecule has 0 aliphatic heterocycles. The molecule has 1 aromatic rings. The molecule has 5 heteroatoms. The lowest BCUT2D eigenvalue weighted by Crippen LogP contribution is -2.42. The smallest absolute Gasteiger partial charge is 0.187 e. The highest BCUT2D eigenvalue weighted by Crippen LogP contribution is 2.44. The number of hydrazone groups is 1. The monoisotopic (exact) mass is 263 g/mol. The van der Waals surface area contributed by atoms with E-state index in [1.807, 2.05) is 12.1 Å². The lowest BCUT2D eigenvalue weighted by Gasteiger charge is -2.23. The van der Waals surface area contributed by atoms with Crippen molar-refractivity contribution < 1.29 is 4.42 Å². The molecule has 1 heterocycles. The molecule has 0 radical (unpaired) electrons. The molecule has 2 N–H and O–H groups in total. The first-order valence-electron chi connectivity index (χ1n) is 6.44. The van der Waals surface area contributed by atoms with Gasteiger partial charge in [0.2, 0.25) is 0 Å². The van der Waals surface area contributed by atoms with Crippen molar-refractivity contribution in [2.24, 2.45) is 16.9 Å². The molecule has 4 nitrogen and oxygen atoms in total. The quantitative estimate of drug-likeness (QED) is 0.499. The van der Waals surface area contributed by atoms with Gasteiger partial charge in [-0.05, 0) is 55.4 Å². The molecule has 2 bridgehead atoms. The van der Waals surface area contributed by atoms with Crippen LogP contribution in [-0.4, -0.2) is 17.4 Å². The topological polar surface area (TPSA) is 49.6 Å². The van der Waals surface area contributed by atoms with Crippen LogP contribution in [0.5, 0.6) is 0 Å². The van der Waals surface area contributed by atoms with Gasteiger partial charge in [-0.2, -0.15) is 5.10 Å². The Morgan fingerprint density at radius 3 is 3.06 bits per heavy atom. The van der Waals surface area contributed by atoms with Crippen LogP contribution < -0.4 is 10.7 Å². The summed E-state index contributed by atoms with van der Waals surface area (Å²) >= 11 is 5.23. The van der Waals surface area contributed by atoms with E-state index in [-0.39, 0.29) is 0 Å². The van der Waals surface area contributed by atoms with Crippen LogP contribution in [0.2, 0.25) is 0 Å². The Kier molecular flexibility index (Phi) is 3.32.